The molecule has 9 heteroatoms. The average molecular weight is 324 g/mol. The van der Waals surface area contributed by atoms with E-state index >= 15 is 0 Å². The number of aromatic nitrogens is 2. The molecule has 0 aliphatic heterocycles. The van der Waals surface area contributed by atoms with E-state index in [9.17, 15) is 9.59 Å². The number of nitrogens with one attached hydrogen (secondary N) is 1. The van der Waals surface area contributed by atoms with Gasteiger partial charge in [-0.15, -0.1) is 4.99 Å². The van der Waals surface area contributed by atoms with Gasteiger partial charge < -0.3 is 14.0 Å². The van der Waals surface area contributed by atoms with Crippen molar-refractivity contribution in [1.82, 2.24) is 9.55 Å². The Hall–Kier alpha value is -2.42. The predicted molar refractivity (Wildman–Crippen MR) is 81.8 cm³/mol. The van der Waals surface area contributed by atoms with Crippen LogP contribution in [-0.2, 0) is 16.5 Å². The highest BCUT2D eigenvalue weighted by atomic mass is 32.1. The molecule has 2 amide bonds. The number of amides is 2. The van der Waals surface area contributed by atoms with E-state index in [0.29, 0.717) is 10.5 Å². The molecule has 0 saturated carbocycles. The van der Waals surface area contributed by atoms with Crippen molar-refractivity contribution in [3.05, 3.63) is 17.1 Å². The van der Waals surface area contributed by atoms with Crippen LogP contribution in [0.3, 0.4) is 0 Å². The van der Waals surface area contributed by atoms with Crippen LogP contribution in [0.5, 0.6) is 0 Å². The van der Waals surface area contributed by atoms with E-state index in [4.69, 9.17) is 9.47 Å². The highest BCUT2D eigenvalue weighted by Crippen LogP contribution is 2.24. The Morgan fingerprint density at radius 1 is 1.36 bits per heavy atom. The van der Waals surface area contributed by atoms with Crippen LogP contribution in [-0.4, -0.2) is 35.0 Å². The zero-order valence-electron chi connectivity index (χ0n) is 12.5. The molecule has 8 nitrogen and oxygen atoms in total. The third-order valence-corrected chi connectivity index (χ3v) is 3.49. The fraction of sp³-hybridized carbons (Fsp3) is 0.385. The first-order chi connectivity index (χ1) is 10.5. The van der Waals surface area contributed by atoms with Gasteiger partial charge in [-0.1, -0.05) is 11.3 Å². The standard InChI is InChI=1S/C13H16N4O4S/c1-4-20-12(18)15-10-9-8(6-7-17(9)3)14-11(22-10)16-13(19)21-5-2/h6-7H,4-5H2,1-3H3,(H,15,18)/b16-11-. The van der Waals surface area contributed by atoms with E-state index in [1.165, 1.54) is 0 Å². The molecule has 22 heavy (non-hydrogen) atoms. The summed E-state index contributed by atoms with van der Waals surface area (Å²) in [6.07, 6.45) is 0.507. The number of carbonyl (C=O) groups excluding carboxylic acids is 2. The lowest BCUT2D eigenvalue weighted by Crippen LogP contribution is -2.16. The summed E-state index contributed by atoms with van der Waals surface area (Å²) in [6.45, 7) is 3.90. The number of rotatable bonds is 3. The number of hydrogen-bond acceptors (Lipinski definition) is 6. The van der Waals surface area contributed by atoms with E-state index < -0.39 is 12.2 Å². The third kappa shape index (κ3) is 3.61. The maximum atomic E-state index is 11.6. The molecule has 2 aromatic heterocycles. The number of ether oxygens (including phenoxy) is 2. The summed E-state index contributed by atoms with van der Waals surface area (Å²) < 4.78 is 11.5. The molecule has 2 rings (SSSR count). The zero-order chi connectivity index (χ0) is 16.1. The van der Waals surface area contributed by atoms with E-state index in [-0.39, 0.29) is 18.0 Å². The summed E-state index contributed by atoms with van der Waals surface area (Å²) in [5, 5.41) is 3.14. The minimum absolute atomic E-state index is 0.198. The highest BCUT2D eigenvalue weighted by Gasteiger charge is 2.12. The summed E-state index contributed by atoms with van der Waals surface area (Å²) in [5.41, 5.74) is 1.33. The molecular formula is C13H16N4O4S. The van der Waals surface area contributed by atoms with Crippen LogP contribution in [0.2, 0.25) is 0 Å². The van der Waals surface area contributed by atoms with Gasteiger partial charge in [0.15, 0.2) is 0 Å². The monoisotopic (exact) mass is 324 g/mol. The topological polar surface area (TPSA) is 94.8 Å². The van der Waals surface area contributed by atoms with Gasteiger partial charge in [0.25, 0.3) is 0 Å². The van der Waals surface area contributed by atoms with Gasteiger partial charge in [-0.2, -0.15) is 0 Å². The number of nitrogens with zero attached hydrogens (tertiary/aromatic N) is 3. The van der Waals surface area contributed by atoms with Gasteiger partial charge in [-0.3, -0.25) is 5.32 Å². The van der Waals surface area contributed by atoms with Crippen molar-refractivity contribution in [2.24, 2.45) is 12.0 Å². The van der Waals surface area contributed by atoms with Crippen LogP contribution in [0.4, 0.5) is 14.6 Å². The van der Waals surface area contributed by atoms with Gasteiger partial charge in [0, 0.05) is 13.2 Å². The highest BCUT2D eigenvalue weighted by molar-refractivity contribution is 7.14. The van der Waals surface area contributed by atoms with Crippen LogP contribution in [0.15, 0.2) is 17.3 Å². The Morgan fingerprint density at radius 2 is 2.09 bits per heavy atom. The first-order valence-electron chi connectivity index (χ1n) is 6.66. The number of hydrogen-bond donors (Lipinski definition) is 1. The van der Waals surface area contributed by atoms with E-state index in [2.05, 4.69) is 15.3 Å². The largest absolute Gasteiger partial charge is 0.450 e. The lowest BCUT2D eigenvalue weighted by molar-refractivity contribution is 0.162. The summed E-state index contributed by atoms with van der Waals surface area (Å²) in [5.74, 6) is 0. The first-order valence-corrected chi connectivity index (χ1v) is 7.48. The molecule has 1 N–H and O–H groups in total. The van der Waals surface area contributed by atoms with E-state index in [1.54, 1.807) is 26.1 Å². The zero-order valence-corrected chi connectivity index (χ0v) is 13.3. The van der Waals surface area contributed by atoms with Gasteiger partial charge in [0.1, 0.15) is 10.5 Å². The van der Waals surface area contributed by atoms with Crippen LogP contribution in [0, 0.1) is 0 Å². The van der Waals surface area contributed by atoms with Gasteiger partial charge in [-0.05, 0) is 19.9 Å². The van der Waals surface area contributed by atoms with Crippen molar-refractivity contribution in [3.63, 3.8) is 0 Å². The first kappa shape index (κ1) is 16.0. The molecule has 0 bridgehead atoms. The normalized spacial score (nSPS) is 11.5. The SMILES string of the molecule is CCOC(=O)/N=c1/nc2ccn(C)c2c(NC(=O)OCC)s1. The Labute approximate surface area is 130 Å². The average Bonchev–Trinajstić information content (AvgIpc) is 2.81. The molecular weight excluding hydrogens is 308 g/mol. The summed E-state index contributed by atoms with van der Waals surface area (Å²) in [4.78, 5) is 31.3. The van der Waals surface area contributed by atoms with Gasteiger partial charge in [-0.25, -0.2) is 14.6 Å². The minimum atomic E-state index is -0.719. The second kappa shape index (κ2) is 7.03. The van der Waals surface area contributed by atoms with Crippen molar-refractivity contribution < 1.29 is 19.1 Å². The van der Waals surface area contributed by atoms with Crippen molar-refractivity contribution in [2.45, 2.75) is 13.8 Å². The molecule has 0 atom stereocenters. The van der Waals surface area contributed by atoms with E-state index in [1.807, 2.05) is 11.6 Å². The molecule has 0 aliphatic carbocycles. The maximum absolute atomic E-state index is 11.6. The number of anilines is 1. The summed E-state index contributed by atoms with van der Waals surface area (Å²) in [6, 6.07) is 1.77. The molecule has 2 heterocycles. The Morgan fingerprint density at radius 3 is 2.77 bits per heavy atom. The van der Waals surface area contributed by atoms with Crippen LogP contribution >= 0.6 is 11.3 Å². The number of fused-ring (bicyclic) bond motifs is 1. The Balaban J connectivity index is 2.49. The molecule has 0 aliphatic rings. The smallest absolute Gasteiger partial charge is 0.436 e. The molecule has 0 unspecified atom stereocenters. The van der Waals surface area contributed by atoms with Gasteiger partial charge in [0.05, 0.1) is 18.7 Å². The fourth-order valence-corrected chi connectivity index (χ4v) is 2.70. The second-order valence-electron chi connectivity index (χ2n) is 4.14. The quantitative estimate of drug-likeness (QED) is 0.934. The molecule has 2 aromatic rings. The van der Waals surface area contributed by atoms with Crippen LogP contribution in [0.1, 0.15) is 13.8 Å². The number of aryl methyl sites for hydroxylation is 1. The summed E-state index contributed by atoms with van der Waals surface area (Å²) in [7, 11) is 1.83. The maximum Gasteiger partial charge on any atom is 0.436 e. The Kier molecular flexibility index (Phi) is 5.10. The molecule has 0 spiro atoms. The van der Waals surface area contributed by atoms with Crippen LogP contribution in [0.25, 0.3) is 11.0 Å². The number of carbonyl (C=O) groups is 2. The molecule has 118 valence electrons. The minimum Gasteiger partial charge on any atom is -0.450 e. The van der Waals surface area contributed by atoms with Crippen molar-refractivity contribution in [2.75, 3.05) is 18.5 Å². The lowest BCUT2D eigenvalue weighted by Gasteiger charge is -2.07. The Bertz CT molecular complexity index is 765. The second-order valence-corrected chi connectivity index (χ2v) is 5.12. The van der Waals surface area contributed by atoms with E-state index in [0.717, 1.165) is 16.9 Å². The van der Waals surface area contributed by atoms with Gasteiger partial charge in [0.2, 0.25) is 4.80 Å². The molecule has 0 radical (unpaired) electrons. The van der Waals surface area contributed by atoms with Crippen molar-refractivity contribution in [1.29, 1.82) is 0 Å². The third-order valence-electron chi connectivity index (χ3n) is 2.62. The van der Waals surface area contributed by atoms with Crippen molar-refractivity contribution >= 4 is 39.6 Å². The predicted octanol–water partition coefficient (Wildman–Crippen LogP) is 2.26. The van der Waals surface area contributed by atoms with Gasteiger partial charge >= 0.3 is 12.2 Å². The lowest BCUT2D eigenvalue weighted by atomic mass is 10.4. The van der Waals surface area contributed by atoms with Crippen LogP contribution < -0.4 is 10.1 Å². The molecule has 0 saturated heterocycles. The molecule has 0 fully saturated rings. The summed E-state index contributed by atoms with van der Waals surface area (Å²) >= 11 is 1.07. The fourth-order valence-electron chi connectivity index (χ4n) is 1.78. The van der Waals surface area contributed by atoms with Crippen molar-refractivity contribution in [3.8, 4) is 0 Å². The molecule has 0 aromatic carbocycles.